The highest BCUT2D eigenvalue weighted by atomic mass is 16.2. The maximum atomic E-state index is 11.8. The molecule has 4 fully saturated rings. The van der Waals surface area contributed by atoms with E-state index in [0.29, 0.717) is 12.5 Å². The van der Waals surface area contributed by atoms with Gasteiger partial charge in [0.05, 0.1) is 0 Å². The molecule has 1 N–H and O–H groups in total. The summed E-state index contributed by atoms with van der Waals surface area (Å²) in [6, 6.07) is 8.99. The van der Waals surface area contributed by atoms with Crippen molar-refractivity contribution >= 4 is 17.3 Å². The van der Waals surface area contributed by atoms with Crippen LogP contribution in [-0.2, 0) is 4.79 Å². The maximum Gasteiger partial charge on any atom is 0.227 e. The van der Waals surface area contributed by atoms with Gasteiger partial charge in [0.1, 0.15) is 0 Å². The maximum absolute atomic E-state index is 11.8. The first-order chi connectivity index (χ1) is 10.3. The molecule has 5 rings (SSSR count). The van der Waals surface area contributed by atoms with E-state index in [9.17, 15) is 4.79 Å². The van der Waals surface area contributed by atoms with Gasteiger partial charge >= 0.3 is 0 Å². The van der Waals surface area contributed by atoms with Gasteiger partial charge in [-0.3, -0.25) is 4.79 Å². The van der Waals surface area contributed by atoms with Crippen LogP contribution in [0.4, 0.5) is 11.4 Å². The number of piperidine rings is 3. The fourth-order valence-electron chi connectivity index (χ4n) is 4.00. The first kappa shape index (κ1) is 13.1. The fraction of sp³-hybridized carbons (Fsp3) is 0.588. The summed E-state index contributed by atoms with van der Waals surface area (Å²) in [7, 11) is 0. The molecule has 1 amide bonds. The van der Waals surface area contributed by atoms with Crippen LogP contribution in [-0.4, -0.2) is 43.0 Å². The van der Waals surface area contributed by atoms with Gasteiger partial charge in [0, 0.05) is 36.9 Å². The molecule has 0 aliphatic carbocycles. The van der Waals surface area contributed by atoms with Crippen molar-refractivity contribution in [3.05, 3.63) is 24.3 Å². The van der Waals surface area contributed by atoms with Gasteiger partial charge in [-0.1, -0.05) is 0 Å². The molecular weight excluding hydrogens is 262 g/mol. The monoisotopic (exact) mass is 285 g/mol. The zero-order valence-corrected chi connectivity index (χ0v) is 12.4. The summed E-state index contributed by atoms with van der Waals surface area (Å²) in [6.45, 7) is 4.60. The van der Waals surface area contributed by atoms with Crippen LogP contribution < -0.4 is 10.2 Å². The lowest BCUT2D eigenvalue weighted by Crippen LogP contribution is -2.53. The Morgan fingerprint density at radius 3 is 2.38 bits per heavy atom. The lowest BCUT2D eigenvalue weighted by molar-refractivity contribution is -0.117. The van der Waals surface area contributed by atoms with E-state index in [0.717, 1.165) is 24.6 Å². The summed E-state index contributed by atoms with van der Waals surface area (Å²) in [5, 5.41) is 3.70. The van der Waals surface area contributed by atoms with E-state index < -0.39 is 0 Å². The third kappa shape index (κ3) is 2.53. The number of carbonyl (C=O) groups is 1. The second-order valence-electron chi connectivity index (χ2n) is 6.58. The van der Waals surface area contributed by atoms with Gasteiger partial charge in [-0.25, -0.2) is 0 Å². The van der Waals surface area contributed by atoms with Crippen LogP contribution in [0, 0.1) is 5.92 Å². The van der Waals surface area contributed by atoms with Gasteiger partial charge in [-0.2, -0.15) is 0 Å². The summed E-state index contributed by atoms with van der Waals surface area (Å²) in [5.74, 6) is 1.09. The van der Waals surface area contributed by atoms with E-state index in [-0.39, 0.29) is 5.91 Å². The van der Waals surface area contributed by atoms with Crippen LogP contribution >= 0.6 is 0 Å². The number of fused-ring (bicyclic) bond motifs is 3. The molecule has 0 saturated carbocycles. The average molecular weight is 285 g/mol. The van der Waals surface area contributed by atoms with Crippen molar-refractivity contribution < 1.29 is 4.79 Å². The molecule has 4 heterocycles. The molecular formula is C17H23N3O. The number of nitrogens with zero attached hydrogens (tertiary/aromatic N) is 2. The predicted octanol–water partition coefficient (Wildman–Crippen LogP) is 2.32. The van der Waals surface area contributed by atoms with Crippen LogP contribution in [0.25, 0.3) is 0 Å². The molecule has 1 aromatic carbocycles. The molecule has 21 heavy (non-hydrogen) atoms. The Balaban J connectivity index is 1.43. The number of benzene rings is 1. The standard InChI is InChI=1S/C17H23N3O/c21-17-2-1-9-20(17)15-5-3-14(4-6-15)18-16-12-19-10-7-13(16)8-11-19/h3-6,13,16,18H,1-2,7-12H2/t16-/m0/s1. The van der Waals surface area contributed by atoms with E-state index in [2.05, 4.69) is 34.5 Å². The van der Waals surface area contributed by atoms with Crippen molar-refractivity contribution in [3.63, 3.8) is 0 Å². The summed E-state index contributed by atoms with van der Waals surface area (Å²) in [5.41, 5.74) is 2.22. The topological polar surface area (TPSA) is 35.6 Å². The summed E-state index contributed by atoms with van der Waals surface area (Å²) in [4.78, 5) is 16.2. The predicted molar refractivity (Wildman–Crippen MR) is 84.6 cm³/mol. The van der Waals surface area contributed by atoms with Crippen LogP contribution in [0.2, 0.25) is 0 Å². The Bertz CT molecular complexity index is 519. The van der Waals surface area contributed by atoms with Crippen LogP contribution in [0.5, 0.6) is 0 Å². The Morgan fingerprint density at radius 1 is 1.05 bits per heavy atom. The van der Waals surface area contributed by atoms with E-state index in [1.54, 1.807) is 0 Å². The molecule has 0 radical (unpaired) electrons. The molecule has 4 saturated heterocycles. The largest absolute Gasteiger partial charge is 0.381 e. The molecule has 4 heteroatoms. The number of rotatable bonds is 3. The molecule has 2 bridgehead atoms. The van der Waals surface area contributed by atoms with Gasteiger partial charge in [-0.15, -0.1) is 0 Å². The minimum atomic E-state index is 0.257. The van der Waals surface area contributed by atoms with Crippen molar-refractivity contribution in [2.75, 3.05) is 36.4 Å². The van der Waals surface area contributed by atoms with Crippen molar-refractivity contribution in [1.29, 1.82) is 0 Å². The third-order valence-corrected chi connectivity index (χ3v) is 5.26. The van der Waals surface area contributed by atoms with Crippen LogP contribution in [0.1, 0.15) is 25.7 Å². The van der Waals surface area contributed by atoms with Crippen LogP contribution in [0.3, 0.4) is 0 Å². The molecule has 112 valence electrons. The highest BCUT2D eigenvalue weighted by Gasteiger charge is 2.33. The van der Waals surface area contributed by atoms with Gasteiger partial charge in [0.2, 0.25) is 5.91 Å². The van der Waals surface area contributed by atoms with E-state index in [1.807, 2.05) is 4.90 Å². The van der Waals surface area contributed by atoms with Crippen molar-refractivity contribution in [2.45, 2.75) is 31.7 Å². The fourth-order valence-corrected chi connectivity index (χ4v) is 4.00. The van der Waals surface area contributed by atoms with Crippen molar-refractivity contribution in [3.8, 4) is 0 Å². The molecule has 0 spiro atoms. The summed E-state index contributed by atoms with van der Waals surface area (Å²) >= 11 is 0. The van der Waals surface area contributed by atoms with E-state index >= 15 is 0 Å². The second kappa shape index (κ2) is 5.34. The van der Waals surface area contributed by atoms with Crippen molar-refractivity contribution in [2.24, 2.45) is 5.92 Å². The molecule has 4 aliphatic rings. The van der Waals surface area contributed by atoms with Gasteiger partial charge < -0.3 is 15.1 Å². The first-order valence-electron chi connectivity index (χ1n) is 8.19. The lowest BCUT2D eigenvalue weighted by atomic mass is 9.84. The first-order valence-corrected chi connectivity index (χ1v) is 8.19. The normalized spacial score (nSPS) is 31.7. The van der Waals surface area contributed by atoms with Gasteiger partial charge in [0.25, 0.3) is 0 Å². The Labute approximate surface area is 126 Å². The minimum absolute atomic E-state index is 0.257. The number of anilines is 2. The highest BCUT2D eigenvalue weighted by Crippen LogP contribution is 2.30. The number of carbonyl (C=O) groups excluding carboxylic acids is 1. The molecule has 0 aromatic heterocycles. The van der Waals surface area contributed by atoms with Crippen molar-refractivity contribution in [1.82, 2.24) is 4.90 Å². The van der Waals surface area contributed by atoms with E-state index in [4.69, 9.17) is 0 Å². The zero-order chi connectivity index (χ0) is 14.2. The number of nitrogens with one attached hydrogen (secondary N) is 1. The van der Waals surface area contributed by atoms with Crippen LogP contribution in [0.15, 0.2) is 24.3 Å². The highest BCUT2D eigenvalue weighted by molar-refractivity contribution is 5.95. The SMILES string of the molecule is O=C1CCCN1c1ccc(N[C@H]2CN3CCC2CC3)cc1. The Kier molecular flexibility index (Phi) is 3.34. The third-order valence-electron chi connectivity index (χ3n) is 5.26. The quantitative estimate of drug-likeness (QED) is 0.926. The van der Waals surface area contributed by atoms with Gasteiger partial charge in [-0.05, 0) is 62.5 Å². The van der Waals surface area contributed by atoms with E-state index in [1.165, 1.54) is 38.2 Å². The smallest absolute Gasteiger partial charge is 0.227 e. The summed E-state index contributed by atoms with van der Waals surface area (Å²) in [6.07, 6.45) is 4.34. The minimum Gasteiger partial charge on any atom is -0.381 e. The molecule has 0 unspecified atom stereocenters. The Morgan fingerprint density at radius 2 is 1.81 bits per heavy atom. The molecule has 1 atom stereocenters. The average Bonchev–Trinajstić information content (AvgIpc) is 2.95. The van der Waals surface area contributed by atoms with Gasteiger partial charge in [0.15, 0.2) is 0 Å². The summed E-state index contributed by atoms with van der Waals surface area (Å²) < 4.78 is 0. The number of hydrogen-bond donors (Lipinski definition) is 1. The molecule has 4 nitrogen and oxygen atoms in total. The second-order valence-corrected chi connectivity index (χ2v) is 6.58. The Hall–Kier alpha value is -1.55. The number of amides is 1. The number of hydrogen-bond acceptors (Lipinski definition) is 3. The zero-order valence-electron chi connectivity index (χ0n) is 12.4. The lowest BCUT2D eigenvalue weighted by Gasteiger charge is -2.45. The molecule has 1 aromatic rings. The molecule has 4 aliphatic heterocycles.